The first-order valence-electron chi connectivity index (χ1n) is 8.22. The molecule has 5 nitrogen and oxygen atoms in total. The quantitative estimate of drug-likeness (QED) is 0.779. The van der Waals surface area contributed by atoms with E-state index in [0.717, 1.165) is 18.8 Å². The van der Waals surface area contributed by atoms with E-state index >= 15 is 0 Å². The lowest BCUT2D eigenvalue weighted by Gasteiger charge is -2.21. The molecule has 0 atom stereocenters. The number of hydrazine groups is 1. The monoisotopic (exact) mass is 359 g/mol. The van der Waals surface area contributed by atoms with Crippen LogP contribution in [0, 0.1) is 0 Å². The number of carbonyl (C=O) groups is 2. The summed E-state index contributed by atoms with van der Waals surface area (Å²) in [5, 5.41) is 0.524. The van der Waals surface area contributed by atoms with Gasteiger partial charge in [0.1, 0.15) is 0 Å². The predicted molar refractivity (Wildman–Crippen MR) is 101 cm³/mol. The van der Waals surface area contributed by atoms with Gasteiger partial charge in [-0.25, -0.2) is 0 Å². The fraction of sp³-hybridized carbons (Fsp3) is 0.263. The number of rotatable bonds is 6. The maximum Gasteiger partial charge on any atom is 0.269 e. The van der Waals surface area contributed by atoms with Crippen LogP contribution in [0.2, 0.25) is 5.02 Å². The van der Waals surface area contributed by atoms with E-state index in [-0.39, 0.29) is 18.2 Å². The van der Waals surface area contributed by atoms with Crippen LogP contribution in [0.5, 0.6) is 0 Å². The van der Waals surface area contributed by atoms with E-state index in [2.05, 4.69) is 29.6 Å². The molecule has 6 heteroatoms. The molecule has 2 aromatic rings. The predicted octanol–water partition coefficient (Wildman–Crippen LogP) is 3.19. The Morgan fingerprint density at radius 3 is 2.20 bits per heavy atom. The summed E-state index contributed by atoms with van der Waals surface area (Å²) in [5.74, 6) is -0.695. The van der Waals surface area contributed by atoms with E-state index in [9.17, 15) is 9.59 Å². The molecule has 0 unspecified atom stereocenters. The van der Waals surface area contributed by atoms with Crippen LogP contribution in [-0.2, 0) is 11.2 Å². The summed E-state index contributed by atoms with van der Waals surface area (Å²) in [5.41, 5.74) is 7.08. The molecule has 132 valence electrons. The summed E-state index contributed by atoms with van der Waals surface area (Å²) in [7, 11) is 0. The molecule has 2 N–H and O–H groups in total. The Morgan fingerprint density at radius 2 is 1.60 bits per heavy atom. The van der Waals surface area contributed by atoms with Gasteiger partial charge in [0.05, 0.1) is 6.42 Å². The zero-order chi connectivity index (χ0) is 18.2. The van der Waals surface area contributed by atoms with Crippen molar-refractivity contribution in [3.8, 4) is 0 Å². The lowest BCUT2D eigenvalue weighted by atomic mass is 10.1. The van der Waals surface area contributed by atoms with Gasteiger partial charge in [-0.1, -0.05) is 29.8 Å². The number of amides is 2. The molecule has 2 aromatic carbocycles. The Labute approximate surface area is 152 Å². The Bertz CT molecular complexity index is 728. The molecule has 0 spiro atoms. The molecular weight excluding hydrogens is 338 g/mol. The van der Waals surface area contributed by atoms with E-state index in [0.29, 0.717) is 16.1 Å². The van der Waals surface area contributed by atoms with Gasteiger partial charge in [-0.15, -0.1) is 0 Å². The van der Waals surface area contributed by atoms with Gasteiger partial charge in [-0.3, -0.25) is 20.4 Å². The van der Waals surface area contributed by atoms with Crippen molar-refractivity contribution >= 4 is 29.1 Å². The van der Waals surface area contributed by atoms with Gasteiger partial charge in [0.15, 0.2) is 0 Å². The van der Waals surface area contributed by atoms with Crippen LogP contribution in [0.1, 0.15) is 29.8 Å². The summed E-state index contributed by atoms with van der Waals surface area (Å²) in [4.78, 5) is 26.2. The highest BCUT2D eigenvalue weighted by Crippen LogP contribution is 2.16. The van der Waals surface area contributed by atoms with Crippen molar-refractivity contribution in [2.45, 2.75) is 20.3 Å². The lowest BCUT2D eigenvalue weighted by Crippen LogP contribution is -2.42. The Morgan fingerprint density at radius 1 is 0.960 bits per heavy atom. The molecule has 0 aliphatic heterocycles. The van der Waals surface area contributed by atoms with Crippen molar-refractivity contribution in [3.05, 3.63) is 64.7 Å². The number of nitrogens with one attached hydrogen (secondary N) is 2. The molecule has 0 saturated carbocycles. The van der Waals surface area contributed by atoms with Gasteiger partial charge in [0.2, 0.25) is 5.91 Å². The average Bonchev–Trinajstić information content (AvgIpc) is 2.63. The molecule has 0 aliphatic rings. The minimum atomic E-state index is -0.362. The molecule has 2 amide bonds. The number of nitrogens with zero attached hydrogens (tertiary/aromatic N) is 1. The second-order valence-corrected chi connectivity index (χ2v) is 5.90. The number of benzene rings is 2. The molecule has 0 radical (unpaired) electrons. The molecule has 0 fully saturated rings. The second kappa shape index (κ2) is 9.08. The highest BCUT2D eigenvalue weighted by molar-refractivity contribution is 6.31. The van der Waals surface area contributed by atoms with Gasteiger partial charge < -0.3 is 4.90 Å². The topological polar surface area (TPSA) is 61.4 Å². The zero-order valence-corrected chi connectivity index (χ0v) is 15.1. The van der Waals surface area contributed by atoms with Gasteiger partial charge in [-0.2, -0.15) is 0 Å². The Hall–Kier alpha value is -2.53. The van der Waals surface area contributed by atoms with Gasteiger partial charge >= 0.3 is 0 Å². The van der Waals surface area contributed by atoms with E-state index < -0.39 is 0 Å². The maximum absolute atomic E-state index is 12.1. The number of halogens is 1. The number of hydrogen-bond donors (Lipinski definition) is 2. The summed E-state index contributed by atoms with van der Waals surface area (Å²) >= 11 is 6.02. The van der Waals surface area contributed by atoms with Crippen LogP contribution in [0.25, 0.3) is 0 Å². The third kappa shape index (κ3) is 5.22. The van der Waals surface area contributed by atoms with Crippen molar-refractivity contribution in [2.24, 2.45) is 0 Å². The summed E-state index contributed by atoms with van der Waals surface area (Å²) < 4.78 is 0. The van der Waals surface area contributed by atoms with E-state index in [1.165, 1.54) is 0 Å². The number of hydrogen-bond acceptors (Lipinski definition) is 3. The third-order valence-electron chi connectivity index (χ3n) is 3.88. The molecule has 0 heterocycles. The maximum atomic E-state index is 12.1. The van der Waals surface area contributed by atoms with Crippen molar-refractivity contribution in [2.75, 3.05) is 18.0 Å². The van der Waals surface area contributed by atoms with Crippen LogP contribution in [0.4, 0.5) is 5.69 Å². The Balaban J connectivity index is 1.89. The molecule has 0 bridgehead atoms. The van der Waals surface area contributed by atoms with Crippen molar-refractivity contribution in [1.29, 1.82) is 0 Å². The van der Waals surface area contributed by atoms with Crippen LogP contribution in [0.15, 0.2) is 48.5 Å². The number of anilines is 1. The first-order valence-corrected chi connectivity index (χ1v) is 8.60. The second-order valence-electron chi connectivity index (χ2n) is 5.49. The fourth-order valence-corrected chi connectivity index (χ4v) is 2.67. The highest BCUT2D eigenvalue weighted by Gasteiger charge is 2.10. The minimum Gasteiger partial charge on any atom is -0.372 e. The van der Waals surface area contributed by atoms with Crippen molar-refractivity contribution in [1.82, 2.24) is 10.9 Å². The zero-order valence-electron chi connectivity index (χ0n) is 14.4. The molecule has 0 saturated heterocycles. The van der Waals surface area contributed by atoms with Crippen LogP contribution >= 0.6 is 11.6 Å². The van der Waals surface area contributed by atoms with E-state index in [4.69, 9.17) is 11.6 Å². The molecular formula is C19H22ClN3O2. The van der Waals surface area contributed by atoms with Crippen LogP contribution < -0.4 is 15.8 Å². The van der Waals surface area contributed by atoms with Gasteiger partial charge in [-0.05, 0) is 49.7 Å². The average molecular weight is 360 g/mol. The Kier molecular flexibility index (Phi) is 6.83. The molecule has 0 aliphatic carbocycles. The molecule has 25 heavy (non-hydrogen) atoms. The fourth-order valence-electron chi connectivity index (χ4n) is 2.47. The van der Waals surface area contributed by atoms with Gasteiger partial charge in [0.25, 0.3) is 5.91 Å². The largest absolute Gasteiger partial charge is 0.372 e. The first kappa shape index (κ1) is 18.8. The molecule has 0 aromatic heterocycles. The smallest absolute Gasteiger partial charge is 0.269 e. The van der Waals surface area contributed by atoms with Crippen molar-refractivity contribution in [3.63, 3.8) is 0 Å². The summed E-state index contributed by atoms with van der Waals surface area (Å²) in [6.45, 7) is 5.97. The molecule has 2 rings (SSSR count). The summed E-state index contributed by atoms with van der Waals surface area (Å²) in [6.07, 6.45) is 0.0981. The standard InChI is InChI=1S/C19H22ClN3O2/c1-3-23(4-2)16-11-9-14(10-12-16)19(25)22-21-18(24)13-15-7-5-6-8-17(15)20/h5-12H,3-4,13H2,1-2H3,(H,21,24)(H,22,25). The van der Waals surface area contributed by atoms with Gasteiger partial charge in [0, 0.05) is 29.4 Å². The highest BCUT2D eigenvalue weighted by atomic mass is 35.5. The number of carbonyl (C=O) groups excluding carboxylic acids is 2. The SMILES string of the molecule is CCN(CC)c1ccc(C(=O)NNC(=O)Cc2ccccc2Cl)cc1. The van der Waals surface area contributed by atoms with Crippen LogP contribution in [0.3, 0.4) is 0 Å². The normalized spacial score (nSPS) is 10.2. The summed E-state index contributed by atoms with van der Waals surface area (Å²) in [6, 6.07) is 14.4. The lowest BCUT2D eigenvalue weighted by molar-refractivity contribution is -0.121. The minimum absolute atomic E-state index is 0.0981. The third-order valence-corrected chi connectivity index (χ3v) is 4.25. The van der Waals surface area contributed by atoms with Crippen molar-refractivity contribution < 1.29 is 9.59 Å². The first-order chi connectivity index (χ1) is 12.0. The van der Waals surface area contributed by atoms with E-state index in [1.807, 2.05) is 18.2 Å². The van der Waals surface area contributed by atoms with Crippen LogP contribution in [-0.4, -0.2) is 24.9 Å². The van der Waals surface area contributed by atoms with E-state index in [1.54, 1.807) is 30.3 Å².